The summed E-state index contributed by atoms with van der Waals surface area (Å²) in [5.41, 5.74) is 4.97. The van der Waals surface area contributed by atoms with Crippen molar-refractivity contribution in [3.8, 4) is 0 Å². The highest BCUT2D eigenvalue weighted by Gasteiger charge is 2.23. The molecule has 4 heteroatoms. The predicted molar refractivity (Wildman–Crippen MR) is 50.6 cm³/mol. The van der Waals surface area contributed by atoms with Crippen molar-refractivity contribution >= 4 is 5.97 Å². The van der Waals surface area contributed by atoms with Crippen LogP contribution in [0.3, 0.4) is 0 Å². The van der Waals surface area contributed by atoms with Gasteiger partial charge in [0.1, 0.15) is 0 Å². The molecule has 1 atom stereocenters. The summed E-state index contributed by atoms with van der Waals surface area (Å²) < 4.78 is 5.49. The summed E-state index contributed by atoms with van der Waals surface area (Å²) in [5.74, 6) is -0.781. The Bertz CT molecular complexity index is 161. The highest BCUT2D eigenvalue weighted by atomic mass is 16.5. The first-order valence-corrected chi connectivity index (χ1v) is 4.60. The van der Waals surface area contributed by atoms with E-state index in [1.165, 1.54) is 0 Å². The Hall–Kier alpha value is -0.610. The SMILES string of the molecule is CCC(C)(CCC(=O)O)OCCN. The number of hydrogen-bond donors (Lipinski definition) is 2. The van der Waals surface area contributed by atoms with Crippen molar-refractivity contribution in [3.63, 3.8) is 0 Å². The van der Waals surface area contributed by atoms with Crippen molar-refractivity contribution in [1.29, 1.82) is 0 Å². The van der Waals surface area contributed by atoms with Crippen molar-refractivity contribution in [2.45, 2.75) is 38.7 Å². The fourth-order valence-electron chi connectivity index (χ4n) is 1.03. The molecule has 0 aliphatic heterocycles. The monoisotopic (exact) mass is 189 g/mol. The van der Waals surface area contributed by atoms with Gasteiger partial charge >= 0.3 is 5.97 Å². The van der Waals surface area contributed by atoms with E-state index in [4.69, 9.17) is 15.6 Å². The van der Waals surface area contributed by atoms with Crippen molar-refractivity contribution in [3.05, 3.63) is 0 Å². The summed E-state index contributed by atoms with van der Waals surface area (Å²) in [6, 6.07) is 0. The summed E-state index contributed by atoms with van der Waals surface area (Å²) >= 11 is 0. The van der Waals surface area contributed by atoms with Crippen LogP contribution in [0.5, 0.6) is 0 Å². The second-order valence-electron chi connectivity index (χ2n) is 3.33. The summed E-state index contributed by atoms with van der Waals surface area (Å²) in [6.07, 6.45) is 1.49. The van der Waals surface area contributed by atoms with Gasteiger partial charge in [0.25, 0.3) is 0 Å². The van der Waals surface area contributed by atoms with Crippen LogP contribution in [-0.4, -0.2) is 29.8 Å². The Balaban J connectivity index is 3.87. The Morgan fingerprint density at radius 1 is 1.62 bits per heavy atom. The summed E-state index contributed by atoms with van der Waals surface area (Å²) in [4.78, 5) is 10.4. The van der Waals surface area contributed by atoms with Gasteiger partial charge in [0.05, 0.1) is 12.2 Å². The minimum atomic E-state index is -0.781. The molecule has 13 heavy (non-hydrogen) atoms. The molecule has 78 valence electrons. The average molecular weight is 189 g/mol. The number of aliphatic carboxylic acids is 1. The smallest absolute Gasteiger partial charge is 0.303 e. The van der Waals surface area contributed by atoms with E-state index in [1.54, 1.807) is 0 Å². The fraction of sp³-hybridized carbons (Fsp3) is 0.889. The maximum atomic E-state index is 10.4. The lowest BCUT2D eigenvalue weighted by molar-refractivity contribution is -0.139. The molecule has 0 fully saturated rings. The first-order valence-electron chi connectivity index (χ1n) is 4.60. The minimum absolute atomic E-state index is 0.148. The third-order valence-electron chi connectivity index (χ3n) is 2.18. The number of carboxylic acids is 1. The zero-order chi connectivity index (χ0) is 10.3. The van der Waals surface area contributed by atoms with Gasteiger partial charge in [-0.15, -0.1) is 0 Å². The summed E-state index contributed by atoms with van der Waals surface area (Å²) in [5, 5.41) is 8.52. The zero-order valence-corrected chi connectivity index (χ0v) is 8.38. The van der Waals surface area contributed by atoms with Crippen LogP contribution >= 0.6 is 0 Å². The summed E-state index contributed by atoms with van der Waals surface area (Å²) in [7, 11) is 0. The van der Waals surface area contributed by atoms with Crippen LogP contribution in [0.4, 0.5) is 0 Å². The van der Waals surface area contributed by atoms with Crippen LogP contribution < -0.4 is 5.73 Å². The molecule has 0 radical (unpaired) electrons. The van der Waals surface area contributed by atoms with Gasteiger partial charge in [-0.1, -0.05) is 6.92 Å². The summed E-state index contributed by atoms with van der Waals surface area (Å²) in [6.45, 7) is 4.87. The van der Waals surface area contributed by atoms with Gasteiger partial charge in [-0.25, -0.2) is 0 Å². The number of carbonyl (C=O) groups is 1. The number of nitrogens with two attached hydrogens (primary N) is 1. The molecular weight excluding hydrogens is 170 g/mol. The van der Waals surface area contributed by atoms with Crippen molar-refractivity contribution in [2.24, 2.45) is 5.73 Å². The lowest BCUT2D eigenvalue weighted by Crippen LogP contribution is -2.31. The topological polar surface area (TPSA) is 72.5 Å². The molecule has 0 spiro atoms. The quantitative estimate of drug-likeness (QED) is 0.626. The molecule has 0 aromatic heterocycles. The third kappa shape index (κ3) is 5.60. The van der Waals surface area contributed by atoms with Crippen LogP contribution in [0.1, 0.15) is 33.1 Å². The maximum Gasteiger partial charge on any atom is 0.303 e. The van der Waals surface area contributed by atoms with E-state index < -0.39 is 5.97 Å². The van der Waals surface area contributed by atoms with Crippen molar-refractivity contribution < 1.29 is 14.6 Å². The number of hydrogen-bond acceptors (Lipinski definition) is 3. The van der Waals surface area contributed by atoms with Crippen LogP contribution in [0, 0.1) is 0 Å². The Labute approximate surface area is 79.1 Å². The van der Waals surface area contributed by atoms with E-state index in [-0.39, 0.29) is 12.0 Å². The normalized spacial score (nSPS) is 15.3. The average Bonchev–Trinajstić information content (AvgIpc) is 2.11. The lowest BCUT2D eigenvalue weighted by Gasteiger charge is -2.27. The largest absolute Gasteiger partial charge is 0.481 e. The maximum absolute atomic E-state index is 10.4. The van der Waals surface area contributed by atoms with E-state index in [2.05, 4.69) is 0 Å². The molecule has 1 unspecified atom stereocenters. The van der Waals surface area contributed by atoms with Gasteiger partial charge in [-0.2, -0.15) is 0 Å². The number of rotatable bonds is 7. The van der Waals surface area contributed by atoms with Gasteiger partial charge in [-0.3, -0.25) is 4.79 Å². The van der Waals surface area contributed by atoms with E-state index in [0.717, 1.165) is 6.42 Å². The lowest BCUT2D eigenvalue weighted by atomic mass is 9.97. The molecule has 0 heterocycles. The number of ether oxygens (including phenoxy) is 1. The van der Waals surface area contributed by atoms with Crippen LogP contribution in [0.25, 0.3) is 0 Å². The van der Waals surface area contributed by atoms with E-state index in [0.29, 0.717) is 19.6 Å². The molecule has 4 nitrogen and oxygen atoms in total. The highest BCUT2D eigenvalue weighted by Crippen LogP contribution is 2.21. The van der Waals surface area contributed by atoms with Crippen LogP contribution in [0.15, 0.2) is 0 Å². The molecular formula is C9H19NO3. The van der Waals surface area contributed by atoms with Gasteiger partial charge in [0.15, 0.2) is 0 Å². The molecule has 0 rings (SSSR count). The van der Waals surface area contributed by atoms with Crippen LogP contribution in [-0.2, 0) is 9.53 Å². The first kappa shape index (κ1) is 12.4. The van der Waals surface area contributed by atoms with E-state index >= 15 is 0 Å². The van der Waals surface area contributed by atoms with E-state index in [9.17, 15) is 4.79 Å². The van der Waals surface area contributed by atoms with Crippen molar-refractivity contribution in [2.75, 3.05) is 13.2 Å². The predicted octanol–water partition coefficient (Wildman–Crippen LogP) is 0.995. The second kappa shape index (κ2) is 5.94. The number of carboxylic acid groups (broad SMARTS) is 1. The van der Waals surface area contributed by atoms with Gasteiger partial charge < -0.3 is 15.6 Å². The van der Waals surface area contributed by atoms with Gasteiger partial charge in [0.2, 0.25) is 0 Å². The molecule has 0 aromatic rings. The molecule has 0 saturated carbocycles. The standard InChI is InChI=1S/C9H19NO3/c1-3-9(2,13-7-6-10)5-4-8(11)12/h3-7,10H2,1-2H3,(H,11,12). The molecule has 0 saturated heterocycles. The van der Waals surface area contributed by atoms with Crippen molar-refractivity contribution in [1.82, 2.24) is 0 Å². The Morgan fingerprint density at radius 2 is 2.23 bits per heavy atom. The Kier molecular flexibility index (Phi) is 5.66. The molecule has 3 N–H and O–H groups in total. The van der Waals surface area contributed by atoms with Crippen LogP contribution in [0.2, 0.25) is 0 Å². The third-order valence-corrected chi connectivity index (χ3v) is 2.18. The van der Waals surface area contributed by atoms with Gasteiger partial charge in [0, 0.05) is 13.0 Å². The molecule has 0 aliphatic carbocycles. The molecule has 0 aromatic carbocycles. The highest BCUT2D eigenvalue weighted by molar-refractivity contribution is 5.66. The molecule has 0 bridgehead atoms. The van der Waals surface area contributed by atoms with Gasteiger partial charge in [-0.05, 0) is 19.8 Å². The second-order valence-corrected chi connectivity index (χ2v) is 3.33. The Morgan fingerprint density at radius 3 is 2.62 bits per heavy atom. The van der Waals surface area contributed by atoms with E-state index in [1.807, 2.05) is 13.8 Å². The molecule has 0 amide bonds. The fourth-order valence-corrected chi connectivity index (χ4v) is 1.03. The zero-order valence-electron chi connectivity index (χ0n) is 8.38. The molecule has 0 aliphatic rings. The minimum Gasteiger partial charge on any atom is -0.481 e. The first-order chi connectivity index (χ1) is 6.04.